The normalized spacial score (nSPS) is 14.9. The Morgan fingerprint density at radius 1 is 0.960 bits per heavy atom. The average molecular weight is 354 g/mol. The third kappa shape index (κ3) is 17.0. The summed E-state index contributed by atoms with van der Waals surface area (Å²) in [5, 5.41) is 19.5. The van der Waals surface area contributed by atoms with Crippen LogP contribution in [0.25, 0.3) is 0 Å². The number of carbonyl (C=O) groups is 1. The van der Waals surface area contributed by atoms with Crippen molar-refractivity contribution in [2.75, 3.05) is 7.11 Å². The molecule has 25 heavy (non-hydrogen) atoms. The maximum atomic E-state index is 10.9. The first-order chi connectivity index (χ1) is 12.1. The van der Waals surface area contributed by atoms with Gasteiger partial charge in [-0.05, 0) is 32.1 Å². The minimum atomic E-state index is -0.568. The van der Waals surface area contributed by atoms with E-state index in [1.54, 1.807) is 30.4 Å². The third-order valence-electron chi connectivity index (χ3n) is 3.63. The summed E-state index contributed by atoms with van der Waals surface area (Å²) in [6.07, 6.45) is 20.6. The van der Waals surface area contributed by atoms with Crippen LogP contribution in [-0.2, 0) is 9.53 Å². The highest BCUT2D eigenvalue weighted by atomic mass is 16.5. The highest BCUT2D eigenvalue weighted by Crippen LogP contribution is 2.04. The summed E-state index contributed by atoms with van der Waals surface area (Å²) in [5.41, 5.74) is 0. The first-order valence-electron chi connectivity index (χ1n) is 9.19. The van der Waals surface area contributed by atoms with E-state index in [0.717, 1.165) is 6.42 Å². The quantitative estimate of drug-likeness (QED) is 0.161. The molecule has 0 saturated heterocycles. The van der Waals surface area contributed by atoms with Crippen LogP contribution in [0.15, 0.2) is 48.6 Å². The van der Waals surface area contributed by atoms with Gasteiger partial charge in [-0.3, -0.25) is 4.79 Å². The molecule has 0 bridgehead atoms. The van der Waals surface area contributed by atoms with Crippen LogP contribution in [0.5, 0.6) is 0 Å². The Bertz CT molecular complexity index is 435. The van der Waals surface area contributed by atoms with Crippen molar-refractivity contribution in [3.05, 3.63) is 48.6 Å². The molecule has 142 valence electrons. The molecule has 0 amide bonds. The third-order valence-corrected chi connectivity index (χ3v) is 3.63. The van der Waals surface area contributed by atoms with Gasteiger partial charge in [-0.25, -0.2) is 0 Å². The summed E-state index contributed by atoms with van der Waals surface area (Å²) in [4.78, 5) is 10.9. The fourth-order valence-electron chi connectivity index (χ4n) is 2.11. The van der Waals surface area contributed by atoms with E-state index in [4.69, 9.17) is 0 Å². The van der Waals surface area contributed by atoms with E-state index in [9.17, 15) is 15.0 Å². The van der Waals surface area contributed by atoms with Gasteiger partial charge in [0.25, 0.3) is 0 Å². The van der Waals surface area contributed by atoms with Crippen LogP contribution >= 0.6 is 0 Å². The summed E-state index contributed by atoms with van der Waals surface area (Å²) >= 11 is 0. The first-order valence-corrected chi connectivity index (χ1v) is 9.19. The van der Waals surface area contributed by atoms with E-state index in [1.165, 1.54) is 26.4 Å². The number of aliphatic hydroxyl groups excluding tert-OH is 2. The second-order valence-corrected chi connectivity index (χ2v) is 5.96. The molecule has 4 nitrogen and oxygen atoms in total. The minimum absolute atomic E-state index is 0.254. The number of hydrogen-bond donors (Lipinski definition) is 2. The van der Waals surface area contributed by atoms with Crippen LogP contribution in [0.1, 0.15) is 58.3 Å². The van der Waals surface area contributed by atoms with Crippen molar-refractivity contribution in [2.24, 2.45) is 0 Å². The second kappa shape index (κ2) is 17.2. The van der Waals surface area contributed by atoms with E-state index in [-0.39, 0.29) is 5.97 Å². The Morgan fingerprint density at radius 2 is 1.64 bits per heavy atom. The smallest absolute Gasteiger partial charge is 0.305 e. The van der Waals surface area contributed by atoms with Crippen LogP contribution in [0, 0.1) is 0 Å². The number of carbonyl (C=O) groups excluding carboxylic acids is 1. The van der Waals surface area contributed by atoms with Gasteiger partial charge in [-0.2, -0.15) is 0 Å². The van der Waals surface area contributed by atoms with Crippen molar-refractivity contribution in [3.63, 3.8) is 0 Å². The first kappa shape index (κ1) is 23.4. The summed E-state index contributed by atoms with van der Waals surface area (Å²) in [6, 6.07) is 0. The van der Waals surface area contributed by atoms with E-state index in [1.807, 2.05) is 12.2 Å². The molecule has 0 spiro atoms. The lowest BCUT2D eigenvalue weighted by Crippen LogP contribution is -2.05. The molecular formula is C21H34O4. The van der Waals surface area contributed by atoms with Gasteiger partial charge < -0.3 is 14.9 Å². The van der Waals surface area contributed by atoms with Crippen LogP contribution in [-0.4, -0.2) is 35.5 Å². The van der Waals surface area contributed by atoms with Gasteiger partial charge in [0.2, 0.25) is 0 Å². The lowest BCUT2D eigenvalue weighted by molar-refractivity contribution is -0.140. The van der Waals surface area contributed by atoms with E-state index < -0.39 is 12.2 Å². The lowest BCUT2D eigenvalue weighted by Gasteiger charge is -2.03. The Labute approximate surface area is 152 Å². The molecule has 0 aliphatic carbocycles. The highest BCUT2D eigenvalue weighted by Gasteiger charge is 2.02. The Balaban J connectivity index is 3.82. The summed E-state index contributed by atoms with van der Waals surface area (Å²) in [7, 11) is 1.36. The Morgan fingerprint density at radius 3 is 2.28 bits per heavy atom. The number of aliphatic hydroxyl groups is 2. The fourth-order valence-corrected chi connectivity index (χ4v) is 2.11. The lowest BCUT2D eigenvalue weighted by atomic mass is 10.2. The van der Waals surface area contributed by atoms with Crippen molar-refractivity contribution >= 4 is 5.97 Å². The van der Waals surface area contributed by atoms with E-state index >= 15 is 0 Å². The minimum Gasteiger partial charge on any atom is -0.469 e. The number of hydrogen-bond acceptors (Lipinski definition) is 4. The van der Waals surface area contributed by atoms with Gasteiger partial charge >= 0.3 is 5.97 Å². The molecule has 2 unspecified atom stereocenters. The number of allylic oxidation sites excluding steroid dienone is 5. The number of ether oxygens (including phenoxy) is 1. The molecule has 0 aromatic carbocycles. The van der Waals surface area contributed by atoms with Crippen LogP contribution in [0.4, 0.5) is 0 Å². The van der Waals surface area contributed by atoms with Gasteiger partial charge in [0.15, 0.2) is 0 Å². The molecule has 0 aromatic heterocycles. The molecule has 0 fully saturated rings. The molecule has 0 aliphatic rings. The zero-order valence-electron chi connectivity index (χ0n) is 15.6. The van der Waals surface area contributed by atoms with Crippen molar-refractivity contribution in [2.45, 2.75) is 70.5 Å². The summed E-state index contributed by atoms with van der Waals surface area (Å²) < 4.78 is 4.54. The highest BCUT2D eigenvalue weighted by molar-refractivity contribution is 5.68. The fraction of sp³-hybridized carbons (Fsp3) is 0.571. The predicted octanol–water partition coefficient (Wildman–Crippen LogP) is 4.25. The molecule has 0 aromatic rings. The van der Waals surface area contributed by atoms with Gasteiger partial charge in [0, 0.05) is 6.42 Å². The van der Waals surface area contributed by atoms with Gasteiger partial charge in [-0.1, -0.05) is 68.4 Å². The number of methoxy groups -OCH3 is 1. The number of esters is 1. The van der Waals surface area contributed by atoms with Gasteiger partial charge in [-0.15, -0.1) is 0 Å². The predicted molar refractivity (Wildman–Crippen MR) is 103 cm³/mol. The maximum Gasteiger partial charge on any atom is 0.305 e. The van der Waals surface area contributed by atoms with Crippen LogP contribution in [0.2, 0.25) is 0 Å². The standard InChI is InChI=1S/C21H34O4/c1-3-4-5-6-7-10-14-19(22)15-11-8-9-12-16-20(23)17-13-18-21(24)25-2/h7-12,15-16,19-20,22-23H,3-6,13-14,17-18H2,1-2H3/b9-8+,10-7-,15-11+,16-12-/i11+1,12+1,15+1,16+1. The largest absolute Gasteiger partial charge is 0.469 e. The molecule has 0 aliphatic heterocycles. The van der Waals surface area contributed by atoms with Gasteiger partial charge in [0.05, 0.1) is 19.3 Å². The summed E-state index contributed by atoms with van der Waals surface area (Å²) in [6.45, 7) is 2.19. The molecule has 0 rings (SSSR count). The summed E-state index contributed by atoms with van der Waals surface area (Å²) in [5.74, 6) is -0.254. The van der Waals surface area contributed by atoms with E-state index in [2.05, 4.69) is 17.7 Å². The van der Waals surface area contributed by atoms with E-state index in [0.29, 0.717) is 25.7 Å². The van der Waals surface area contributed by atoms with Crippen LogP contribution < -0.4 is 0 Å². The molecular weight excluding hydrogens is 320 g/mol. The number of rotatable bonds is 14. The average Bonchev–Trinajstić information content (AvgIpc) is 2.60. The zero-order chi connectivity index (χ0) is 18.8. The topological polar surface area (TPSA) is 66.8 Å². The molecule has 0 saturated carbocycles. The Kier molecular flexibility index (Phi) is 16.0. The van der Waals surface area contributed by atoms with Crippen molar-refractivity contribution < 1.29 is 19.7 Å². The van der Waals surface area contributed by atoms with Crippen molar-refractivity contribution in [1.29, 1.82) is 0 Å². The maximum absolute atomic E-state index is 10.9. The Hall–Kier alpha value is -1.65. The molecule has 0 radical (unpaired) electrons. The number of unbranched alkanes of at least 4 members (excludes halogenated alkanes) is 3. The zero-order valence-corrected chi connectivity index (χ0v) is 15.6. The van der Waals surface area contributed by atoms with Crippen molar-refractivity contribution in [3.8, 4) is 0 Å². The molecule has 2 atom stereocenters. The monoisotopic (exact) mass is 354 g/mol. The second-order valence-electron chi connectivity index (χ2n) is 5.96. The molecule has 2 N–H and O–H groups in total. The molecule has 4 heteroatoms. The van der Waals surface area contributed by atoms with Gasteiger partial charge in [0.1, 0.15) is 0 Å². The molecule has 0 heterocycles. The SMILES string of the molecule is CCCCC/C=C\CC(O)/[13CH]=[13CH]/C=C/[13CH]=[13CH]\C(O)CCCC(=O)OC. The van der Waals surface area contributed by atoms with Crippen LogP contribution in [0.3, 0.4) is 0 Å². The van der Waals surface area contributed by atoms with Crippen molar-refractivity contribution in [1.82, 2.24) is 0 Å².